The number of urea groups is 1. The number of carbonyl (C=O) groups is 2. The summed E-state index contributed by atoms with van der Waals surface area (Å²) in [6, 6.07) is 14.9. The lowest BCUT2D eigenvalue weighted by Crippen LogP contribution is -2.29. The van der Waals surface area contributed by atoms with Crippen molar-refractivity contribution in [3.8, 4) is 23.1 Å². The Kier molecular flexibility index (Phi) is 6.15. The largest absolute Gasteiger partial charge is 0.494 e. The molecule has 1 aromatic heterocycles. The molecule has 0 bridgehead atoms. The molecule has 0 aliphatic carbocycles. The third-order valence-electron chi connectivity index (χ3n) is 4.54. The molecule has 1 heterocycles. The van der Waals surface area contributed by atoms with Gasteiger partial charge in [0.25, 0.3) is 0 Å². The van der Waals surface area contributed by atoms with Crippen LogP contribution < -0.4 is 15.4 Å². The van der Waals surface area contributed by atoms with E-state index in [4.69, 9.17) is 4.74 Å². The number of hydrogen-bond donors (Lipinski definition) is 2. The zero-order chi connectivity index (χ0) is 20.8. The van der Waals surface area contributed by atoms with Crippen molar-refractivity contribution in [2.45, 2.75) is 20.4 Å². The number of benzene rings is 2. The van der Waals surface area contributed by atoms with Crippen molar-refractivity contribution >= 4 is 28.9 Å². The lowest BCUT2D eigenvalue weighted by atomic mass is 10.1. The maximum absolute atomic E-state index is 11.7. The molecule has 3 rings (SSSR count). The minimum absolute atomic E-state index is 0.0458. The molecule has 0 saturated heterocycles. The second kappa shape index (κ2) is 8.93. The van der Waals surface area contributed by atoms with E-state index in [0.717, 1.165) is 27.9 Å². The quantitative estimate of drug-likeness (QED) is 0.598. The highest BCUT2D eigenvalue weighted by molar-refractivity contribution is 5.96. The normalized spacial score (nSPS) is 10.4. The van der Waals surface area contributed by atoms with Crippen LogP contribution in [-0.4, -0.2) is 30.0 Å². The van der Waals surface area contributed by atoms with Crippen LogP contribution in [0, 0.1) is 11.3 Å². The molecule has 2 aromatic carbocycles. The second-order valence-electron chi connectivity index (χ2n) is 6.27. The Labute approximate surface area is 168 Å². The van der Waals surface area contributed by atoms with Crippen molar-refractivity contribution in [2.24, 2.45) is 0 Å². The summed E-state index contributed by atoms with van der Waals surface area (Å²) in [5.74, 6) is 0.768. The predicted molar refractivity (Wildman–Crippen MR) is 112 cm³/mol. The summed E-state index contributed by atoms with van der Waals surface area (Å²) in [5.41, 5.74) is 3.84. The molecule has 148 valence electrons. The molecule has 3 aromatic rings. The number of ether oxygens (including phenoxy) is 1. The molecule has 7 heteroatoms. The molecule has 0 fully saturated rings. The van der Waals surface area contributed by atoms with Gasteiger partial charge in [0.1, 0.15) is 18.1 Å². The molecule has 29 heavy (non-hydrogen) atoms. The van der Waals surface area contributed by atoms with E-state index in [-0.39, 0.29) is 6.54 Å². The van der Waals surface area contributed by atoms with Gasteiger partial charge in [-0.25, -0.2) is 4.79 Å². The van der Waals surface area contributed by atoms with Gasteiger partial charge in [0.05, 0.1) is 29.9 Å². The van der Waals surface area contributed by atoms with Crippen LogP contribution in [0.2, 0.25) is 0 Å². The number of anilines is 1. The topological polar surface area (TPSA) is 96.2 Å². The minimum atomic E-state index is -0.450. The zero-order valence-electron chi connectivity index (χ0n) is 16.4. The molecule has 0 saturated carbocycles. The van der Waals surface area contributed by atoms with Gasteiger partial charge in [-0.1, -0.05) is 12.1 Å². The summed E-state index contributed by atoms with van der Waals surface area (Å²) in [5, 5.41) is 15.8. The number of fused-ring (bicyclic) bond motifs is 1. The number of nitriles is 1. The van der Waals surface area contributed by atoms with E-state index >= 15 is 0 Å². The Hall–Kier alpha value is -3.79. The molecule has 0 unspecified atom stereocenters. The van der Waals surface area contributed by atoms with Crippen LogP contribution in [0.4, 0.5) is 10.5 Å². The molecule has 2 N–H and O–H groups in total. The molecule has 0 atom stereocenters. The molecule has 7 nitrogen and oxygen atoms in total. The number of aryl methyl sites for hydroxylation is 1. The third kappa shape index (κ3) is 4.06. The third-order valence-corrected chi connectivity index (χ3v) is 4.54. The zero-order valence-corrected chi connectivity index (χ0v) is 16.4. The number of rotatable bonds is 7. The number of carbonyl (C=O) groups excluding carboxylic acids is 2. The summed E-state index contributed by atoms with van der Waals surface area (Å²) in [4.78, 5) is 22.0. The van der Waals surface area contributed by atoms with E-state index in [1.54, 1.807) is 12.1 Å². The SMILES string of the molecule is CCOc1ccc2c(C#N)c(-c3ccc(NC(=O)NCC=O)cc3)n(CC)c2c1. The number of hydrogen-bond acceptors (Lipinski definition) is 4. The molecule has 0 spiro atoms. The Bertz CT molecular complexity index is 1080. The number of amides is 2. The summed E-state index contributed by atoms with van der Waals surface area (Å²) in [6.45, 7) is 5.19. The van der Waals surface area contributed by atoms with Crippen molar-refractivity contribution in [1.29, 1.82) is 5.26 Å². The Morgan fingerprint density at radius 2 is 1.97 bits per heavy atom. The van der Waals surface area contributed by atoms with Crippen LogP contribution in [0.15, 0.2) is 42.5 Å². The highest BCUT2D eigenvalue weighted by Crippen LogP contribution is 2.35. The second-order valence-corrected chi connectivity index (χ2v) is 6.27. The van der Waals surface area contributed by atoms with Gasteiger partial charge in [0.15, 0.2) is 0 Å². The van der Waals surface area contributed by atoms with Gasteiger partial charge in [0.2, 0.25) is 0 Å². The average Bonchev–Trinajstić information content (AvgIpc) is 3.05. The van der Waals surface area contributed by atoms with Gasteiger partial charge < -0.3 is 24.7 Å². The van der Waals surface area contributed by atoms with E-state index < -0.39 is 6.03 Å². The molecule has 2 amide bonds. The van der Waals surface area contributed by atoms with Crippen molar-refractivity contribution in [1.82, 2.24) is 9.88 Å². The number of aromatic nitrogens is 1. The maximum atomic E-state index is 11.7. The van der Waals surface area contributed by atoms with Crippen LogP contribution in [0.1, 0.15) is 19.4 Å². The van der Waals surface area contributed by atoms with Crippen molar-refractivity contribution in [3.63, 3.8) is 0 Å². The van der Waals surface area contributed by atoms with Crippen LogP contribution >= 0.6 is 0 Å². The van der Waals surface area contributed by atoms with E-state index in [0.29, 0.717) is 30.7 Å². The summed E-state index contributed by atoms with van der Waals surface area (Å²) in [7, 11) is 0. The highest BCUT2D eigenvalue weighted by Gasteiger charge is 2.18. The van der Waals surface area contributed by atoms with Crippen molar-refractivity contribution < 1.29 is 14.3 Å². The van der Waals surface area contributed by atoms with Gasteiger partial charge in [-0.2, -0.15) is 5.26 Å². The first-order valence-corrected chi connectivity index (χ1v) is 9.41. The van der Waals surface area contributed by atoms with Gasteiger partial charge in [-0.15, -0.1) is 0 Å². The Balaban J connectivity index is 2.01. The van der Waals surface area contributed by atoms with E-state index in [2.05, 4.69) is 21.3 Å². The fourth-order valence-corrected chi connectivity index (χ4v) is 3.35. The van der Waals surface area contributed by atoms with Crippen molar-refractivity contribution in [3.05, 3.63) is 48.0 Å². The standard InChI is InChI=1S/C22H22N4O3/c1-3-26-20-13-17(29-4-2)9-10-18(20)19(14-23)21(26)15-5-7-16(8-6-15)25-22(28)24-11-12-27/h5-10,12-13H,3-4,11H2,1-2H3,(H2,24,25,28). The minimum Gasteiger partial charge on any atom is -0.494 e. The predicted octanol–water partition coefficient (Wildman–Crippen LogP) is 3.92. The summed E-state index contributed by atoms with van der Waals surface area (Å²) < 4.78 is 7.71. The smallest absolute Gasteiger partial charge is 0.319 e. The fourth-order valence-electron chi connectivity index (χ4n) is 3.35. The first-order chi connectivity index (χ1) is 14.1. The lowest BCUT2D eigenvalue weighted by molar-refractivity contribution is -0.107. The molecule has 0 radical (unpaired) electrons. The summed E-state index contributed by atoms with van der Waals surface area (Å²) >= 11 is 0. The van der Waals surface area contributed by atoms with Crippen LogP contribution in [0.5, 0.6) is 5.75 Å². The Morgan fingerprint density at radius 3 is 2.59 bits per heavy atom. The highest BCUT2D eigenvalue weighted by atomic mass is 16.5. The molecule has 0 aliphatic rings. The average molecular weight is 390 g/mol. The monoisotopic (exact) mass is 390 g/mol. The van der Waals surface area contributed by atoms with Gasteiger partial charge in [-0.3, -0.25) is 0 Å². The van der Waals surface area contributed by atoms with Gasteiger partial charge >= 0.3 is 6.03 Å². The van der Waals surface area contributed by atoms with Crippen LogP contribution in [-0.2, 0) is 11.3 Å². The first kappa shape index (κ1) is 20.0. The van der Waals surface area contributed by atoms with Gasteiger partial charge in [0, 0.05) is 23.7 Å². The van der Waals surface area contributed by atoms with Crippen LogP contribution in [0.3, 0.4) is 0 Å². The summed E-state index contributed by atoms with van der Waals surface area (Å²) in [6.07, 6.45) is 0.618. The van der Waals surface area contributed by atoms with E-state index in [1.807, 2.05) is 44.2 Å². The molecular formula is C22H22N4O3. The van der Waals surface area contributed by atoms with E-state index in [9.17, 15) is 14.9 Å². The lowest BCUT2D eigenvalue weighted by Gasteiger charge is -2.11. The maximum Gasteiger partial charge on any atom is 0.319 e. The first-order valence-electron chi connectivity index (χ1n) is 9.41. The number of nitrogens with zero attached hydrogens (tertiary/aromatic N) is 2. The van der Waals surface area contributed by atoms with Crippen molar-refractivity contribution in [2.75, 3.05) is 18.5 Å². The molecule has 0 aliphatic heterocycles. The molecular weight excluding hydrogens is 368 g/mol. The van der Waals surface area contributed by atoms with E-state index in [1.165, 1.54) is 0 Å². The number of aldehydes is 1. The Morgan fingerprint density at radius 1 is 1.21 bits per heavy atom. The number of nitrogens with one attached hydrogen (secondary N) is 2. The fraction of sp³-hybridized carbons (Fsp3) is 0.227. The van der Waals surface area contributed by atoms with Crippen LogP contribution in [0.25, 0.3) is 22.2 Å². The van der Waals surface area contributed by atoms with Gasteiger partial charge in [-0.05, 0) is 43.7 Å².